The van der Waals surface area contributed by atoms with Gasteiger partial charge in [0.2, 0.25) is 0 Å². The summed E-state index contributed by atoms with van der Waals surface area (Å²) in [5, 5.41) is 0. The summed E-state index contributed by atoms with van der Waals surface area (Å²) < 4.78 is 0.914. The van der Waals surface area contributed by atoms with Crippen molar-refractivity contribution >= 4 is 39.7 Å². The molecule has 0 fully saturated rings. The maximum absolute atomic E-state index is 5.72. The largest absolute Gasteiger partial charge is 0.399 e. The monoisotopic (exact) mass is 298 g/mol. The number of halogens is 2. The first-order chi connectivity index (χ1) is 7.16. The molecule has 0 amide bonds. The summed E-state index contributed by atoms with van der Waals surface area (Å²) in [4.78, 5) is 0. The van der Waals surface area contributed by atoms with Crippen molar-refractivity contribution in [1.82, 2.24) is 0 Å². The highest BCUT2D eigenvalue weighted by molar-refractivity contribution is 9.10. The van der Waals surface area contributed by atoms with Crippen LogP contribution < -0.4 is 11.5 Å². The summed E-state index contributed by atoms with van der Waals surface area (Å²) in [6.45, 7) is 0. The highest BCUT2D eigenvalue weighted by Gasteiger charge is 2.00. The van der Waals surface area contributed by atoms with Gasteiger partial charge in [-0.15, -0.1) is 12.4 Å². The van der Waals surface area contributed by atoms with Crippen LogP contribution in [0.2, 0.25) is 0 Å². The van der Waals surface area contributed by atoms with Gasteiger partial charge in [-0.2, -0.15) is 0 Å². The van der Waals surface area contributed by atoms with Crippen LogP contribution in [-0.4, -0.2) is 0 Å². The molecular weight excluding hydrogens is 288 g/mol. The number of nitrogens with two attached hydrogens (primary N) is 2. The third-order valence-electron chi connectivity index (χ3n) is 2.24. The highest BCUT2D eigenvalue weighted by atomic mass is 79.9. The summed E-state index contributed by atoms with van der Waals surface area (Å²) in [7, 11) is 0. The molecule has 2 rings (SSSR count). The second-order valence-electron chi connectivity index (χ2n) is 3.36. The molecule has 2 aromatic rings. The second kappa shape index (κ2) is 5.23. The minimum Gasteiger partial charge on any atom is -0.399 e. The highest BCUT2D eigenvalue weighted by Crippen LogP contribution is 2.27. The molecule has 4 N–H and O–H groups in total. The Morgan fingerprint density at radius 2 is 1.38 bits per heavy atom. The van der Waals surface area contributed by atoms with E-state index in [1.165, 1.54) is 0 Å². The second-order valence-corrected chi connectivity index (χ2v) is 4.21. The maximum Gasteiger partial charge on any atom is 0.0458 e. The maximum atomic E-state index is 5.72. The average Bonchev–Trinajstić information content (AvgIpc) is 2.23. The van der Waals surface area contributed by atoms with Crippen LogP contribution in [0.15, 0.2) is 46.9 Å². The molecule has 0 atom stereocenters. The van der Waals surface area contributed by atoms with E-state index < -0.39 is 0 Å². The Bertz CT molecular complexity index is 483. The summed E-state index contributed by atoms with van der Waals surface area (Å²) in [6.07, 6.45) is 0. The summed E-state index contributed by atoms with van der Waals surface area (Å²) in [5.41, 5.74) is 15.1. The average molecular weight is 300 g/mol. The molecule has 84 valence electrons. The van der Waals surface area contributed by atoms with Crippen LogP contribution in [0.5, 0.6) is 0 Å². The molecule has 0 radical (unpaired) electrons. The molecule has 0 bridgehead atoms. The van der Waals surface area contributed by atoms with Crippen LogP contribution >= 0.6 is 28.3 Å². The molecule has 0 spiro atoms. The van der Waals surface area contributed by atoms with Crippen LogP contribution in [0.4, 0.5) is 11.4 Å². The van der Waals surface area contributed by atoms with Gasteiger partial charge in [0.25, 0.3) is 0 Å². The van der Waals surface area contributed by atoms with Crippen molar-refractivity contribution in [3.63, 3.8) is 0 Å². The van der Waals surface area contributed by atoms with E-state index in [4.69, 9.17) is 11.5 Å². The van der Waals surface area contributed by atoms with Crippen molar-refractivity contribution in [2.45, 2.75) is 0 Å². The zero-order valence-corrected chi connectivity index (χ0v) is 10.9. The molecule has 0 aliphatic heterocycles. The van der Waals surface area contributed by atoms with Gasteiger partial charge in [-0.05, 0) is 51.3 Å². The quantitative estimate of drug-likeness (QED) is 0.789. The lowest BCUT2D eigenvalue weighted by Crippen LogP contribution is -1.87. The molecule has 16 heavy (non-hydrogen) atoms. The first-order valence-electron chi connectivity index (χ1n) is 4.58. The van der Waals surface area contributed by atoms with Crippen LogP contribution in [0, 0.1) is 0 Å². The molecule has 2 aromatic carbocycles. The fourth-order valence-electron chi connectivity index (χ4n) is 1.38. The summed E-state index contributed by atoms with van der Waals surface area (Å²) in [5.74, 6) is 0. The van der Waals surface area contributed by atoms with Gasteiger partial charge >= 0.3 is 0 Å². The Labute approximate surface area is 109 Å². The third kappa shape index (κ3) is 2.68. The van der Waals surface area contributed by atoms with E-state index in [1.807, 2.05) is 42.5 Å². The Hall–Kier alpha value is -1.19. The van der Waals surface area contributed by atoms with E-state index in [9.17, 15) is 0 Å². The van der Waals surface area contributed by atoms with Crippen molar-refractivity contribution in [3.8, 4) is 11.1 Å². The standard InChI is InChI=1S/C12H11BrN2.ClH/c13-11-7-9(3-6-12(11)15)8-1-4-10(14)5-2-8;/h1-7H,14-15H2;1H. The first-order valence-corrected chi connectivity index (χ1v) is 5.37. The topological polar surface area (TPSA) is 52.0 Å². The number of nitrogen functional groups attached to an aromatic ring is 2. The van der Waals surface area contributed by atoms with Crippen molar-refractivity contribution in [1.29, 1.82) is 0 Å². The zero-order chi connectivity index (χ0) is 10.8. The van der Waals surface area contributed by atoms with Gasteiger partial charge in [0.15, 0.2) is 0 Å². The Kier molecular flexibility index (Phi) is 4.21. The van der Waals surface area contributed by atoms with Gasteiger partial charge in [-0.1, -0.05) is 18.2 Å². The van der Waals surface area contributed by atoms with Gasteiger partial charge in [-0.3, -0.25) is 0 Å². The zero-order valence-electron chi connectivity index (χ0n) is 8.48. The normalized spacial score (nSPS) is 9.56. The van der Waals surface area contributed by atoms with Crippen molar-refractivity contribution < 1.29 is 0 Å². The lowest BCUT2D eigenvalue weighted by atomic mass is 10.1. The van der Waals surface area contributed by atoms with Crippen LogP contribution in [0.1, 0.15) is 0 Å². The molecule has 0 unspecified atom stereocenters. The van der Waals surface area contributed by atoms with Gasteiger partial charge < -0.3 is 11.5 Å². The van der Waals surface area contributed by atoms with Gasteiger partial charge in [0.1, 0.15) is 0 Å². The molecule has 0 aliphatic carbocycles. The van der Waals surface area contributed by atoms with Crippen LogP contribution in [-0.2, 0) is 0 Å². The lowest BCUT2D eigenvalue weighted by molar-refractivity contribution is 1.58. The predicted molar refractivity (Wildman–Crippen MR) is 75.7 cm³/mol. The van der Waals surface area contributed by atoms with Gasteiger partial charge in [-0.25, -0.2) is 0 Å². The molecular formula is C12H12BrClN2. The molecule has 0 saturated heterocycles. The molecule has 0 aromatic heterocycles. The molecule has 2 nitrogen and oxygen atoms in total. The van der Waals surface area contributed by atoms with Gasteiger partial charge in [0, 0.05) is 15.8 Å². The number of hydrogen-bond donors (Lipinski definition) is 2. The van der Waals surface area contributed by atoms with Crippen molar-refractivity contribution in [2.24, 2.45) is 0 Å². The van der Waals surface area contributed by atoms with E-state index in [0.717, 1.165) is 27.0 Å². The Morgan fingerprint density at radius 1 is 0.812 bits per heavy atom. The van der Waals surface area contributed by atoms with Crippen LogP contribution in [0.3, 0.4) is 0 Å². The van der Waals surface area contributed by atoms with Crippen molar-refractivity contribution in [3.05, 3.63) is 46.9 Å². The van der Waals surface area contributed by atoms with E-state index in [0.29, 0.717) is 0 Å². The minimum absolute atomic E-state index is 0. The summed E-state index contributed by atoms with van der Waals surface area (Å²) >= 11 is 3.41. The van der Waals surface area contributed by atoms with E-state index >= 15 is 0 Å². The van der Waals surface area contributed by atoms with E-state index in [1.54, 1.807) is 0 Å². The smallest absolute Gasteiger partial charge is 0.0458 e. The Morgan fingerprint density at radius 3 is 1.94 bits per heavy atom. The first kappa shape index (κ1) is 12.9. The summed E-state index contributed by atoms with van der Waals surface area (Å²) in [6, 6.07) is 13.6. The fourth-order valence-corrected chi connectivity index (χ4v) is 1.76. The number of benzene rings is 2. The molecule has 0 saturated carbocycles. The number of hydrogen-bond acceptors (Lipinski definition) is 2. The van der Waals surface area contributed by atoms with Gasteiger partial charge in [0.05, 0.1) is 0 Å². The molecule has 0 aliphatic rings. The molecule has 0 heterocycles. The van der Waals surface area contributed by atoms with E-state index in [-0.39, 0.29) is 12.4 Å². The predicted octanol–water partition coefficient (Wildman–Crippen LogP) is 3.70. The minimum atomic E-state index is 0. The van der Waals surface area contributed by atoms with Crippen molar-refractivity contribution in [2.75, 3.05) is 11.5 Å². The number of rotatable bonds is 1. The SMILES string of the molecule is Cl.Nc1ccc(-c2ccc(N)c(Br)c2)cc1. The number of anilines is 2. The van der Waals surface area contributed by atoms with E-state index in [2.05, 4.69) is 15.9 Å². The third-order valence-corrected chi connectivity index (χ3v) is 2.93. The van der Waals surface area contributed by atoms with Crippen LogP contribution in [0.25, 0.3) is 11.1 Å². The molecule has 4 heteroatoms. The fraction of sp³-hybridized carbons (Fsp3) is 0. The lowest BCUT2D eigenvalue weighted by Gasteiger charge is -2.04. The Balaban J connectivity index is 0.00000128.